The number of nitrogens with zero attached hydrogens (tertiary/aromatic N) is 4. The molecule has 2 heterocycles. The number of aromatic amines is 1. The van der Waals surface area contributed by atoms with Gasteiger partial charge >= 0.3 is 5.69 Å². The number of nitrogens with one attached hydrogen (secondary N) is 1. The number of hydrogen-bond donors (Lipinski definition) is 1. The van der Waals surface area contributed by atoms with Crippen LogP contribution in [0.15, 0.2) is 52.3 Å². The number of benzene rings is 1. The minimum absolute atomic E-state index is 0.379. The number of rotatable bonds is 10. The third kappa shape index (κ3) is 5.56. The summed E-state index contributed by atoms with van der Waals surface area (Å²) in [7, 11) is 0. The molecule has 0 saturated heterocycles. The van der Waals surface area contributed by atoms with Gasteiger partial charge in [-0.3, -0.25) is 9.78 Å². The molecule has 0 aliphatic heterocycles. The fraction of sp³-hybridized carbons (Fsp3) is 0.364. The third-order valence-corrected chi connectivity index (χ3v) is 5.05. The van der Waals surface area contributed by atoms with Crippen molar-refractivity contribution in [2.75, 3.05) is 6.61 Å². The van der Waals surface area contributed by atoms with Gasteiger partial charge in [0.05, 0.1) is 18.5 Å². The van der Waals surface area contributed by atoms with E-state index >= 15 is 0 Å². The first-order valence-electron chi connectivity index (χ1n) is 10.3. The lowest BCUT2D eigenvalue weighted by atomic mass is 10.2. The molecule has 0 atom stereocenters. The molecule has 1 aliphatic rings. The average molecular weight is 407 g/mol. The number of ether oxygens (including phenoxy) is 1. The van der Waals surface area contributed by atoms with Crippen molar-refractivity contribution in [1.29, 1.82) is 0 Å². The topological polar surface area (TPSA) is 94.8 Å². The van der Waals surface area contributed by atoms with Gasteiger partial charge in [-0.15, -0.1) is 5.10 Å². The quantitative estimate of drug-likeness (QED) is 0.521. The van der Waals surface area contributed by atoms with Gasteiger partial charge in [0.2, 0.25) is 0 Å². The largest absolute Gasteiger partial charge is 0.493 e. The van der Waals surface area contributed by atoms with Crippen LogP contribution in [0.2, 0.25) is 0 Å². The summed E-state index contributed by atoms with van der Waals surface area (Å²) in [6.07, 6.45) is 11.4. The SMILES string of the molecule is O=c1ccn(CCCCn2nncc2/C=C/c2cccc(OCC3CC3)c2)c(=O)[nH]1. The first kappa shape index (κ1) is 19.9. The van der Waals surface area contributed by atoms with Crippen molar-refractivity contribution in [2.45, 2.75) is 38.8 Å². The van der Waals surface area contributed by atoms with Crippen molar-refractivity contribution in [3.8, 4) is 5.75 Å². The highest BCUT2D eigenvalue weighted by atomic mass is 16.5. The second-order valence-electron chi connectivity index (χ2n) is 7.55. The molecule has 0 spiro atoms. The molecule has 1 N–H and O–H groups in total. The highest BCUT2D eigenvalue weighted by Crippen LogP contribution is 2.29. The first-order chi connectivity index (χ1) is 14.7. The Morgan fingerprint density at radius 2 is 2.00 bits per heavy atom. The van der Waals surface area contributed by atoms with Gasteiger partial charge in [0.15, 0.2) is 0 Å². The molecule has 4 rings (SSSR count). The summed E-state index contributed by atoms with van der Waals surface area (Å²) in [5.41, 5.74) is 1.22. The van der Waals surface area contributed by atoms with Crippen molar-refractivity contribution in [3.63, 3.8) is 0 Å². The van der Waals surface area contributed by atoms with Crippen LogP contribution in [0, 0.1) is 5.92 Å². The monoisotopic (exact) mass is 407 g/mol. The van der Waals surface area contributed by atoms with Gasteiger partial charge in [0.25, 0.3) is 5.56 Å². The predicted octanol–water partition coefficient (Wildman–Crippen LogP) is 2.57. The van der Waals surface area contributed by atoms with E-state index in [9.17, 15) is 9.59 Å². The number of hydrogen-bond acceptors (Lipinski definition) is 5. The van der Waals surface area contributed by atoms with Crippen LogP contribution >= 0.6 is 0 Å². The van der Waals surface area contributed by atoms with Crippen LogP contribution < -0.4 is 16.0 Å². The van der Waals surface area contributed by atoms with Gasteiger partial charge in [0, 0.05) is 25.4 Å². The average Bonchev–Trinajstić information content (AvgIpc) is 3.47. The first-order valence-corrected chi connectivity index (χ1v) is 10.3. The Morgan fingerprint density at radius 3 is 2.83 bits per heavy atom. The molecule has 1 saturated carbocycles. The van der Waals surface area contributed by atoms with Crippen molar-refractivity contribution < 1.29 is 4.74 Å². The molecule has 30 heavy (non-hydrogen) atoms. The number of unbranched alkanes of at least 4 members (excludes halogenated alkanes) is 1. The van der Waals surface area contributed by atoms with Crippen LogP contribution in [-0.4, -0.2) is 31.2 Å². The second kappa shape index (κ2) is 9.39. The van der Waals surface area contributed by atoms with Crippen molar-refractivity contribution in [1.82, 2.24) is 24.5 Å². The van der Waals surface area contributed by atoms with Crippen LogP contribution in [-0.2, 0) is 13.1 Å². The summed E-state index contributed by atoms with van der Waals surface area (Å²) in [6.45, 7) is 2.04. The van der Waals surface area contributed by atoms with E-state index in [1.165, 1.54) is 29.7 Å². The Labute approximate surface area is 173 Å². The standard InChI is InChI=1S/C22H25N5O3/c28-21-10-13-26(22(29)24-21)11-1-2-12-27-19(15-23-25-27)9-8-17-4-3-5-20(14-17)30-16-18-6-7-18/h3-5,8-10,13-15,18H,1-2,6-7,11-12,16H2,(H,24,28,29)/b9-8+. The van der Waals surface area contributed by atoms with E-state index in [1.54, 1.807) is 6.20 Å². The molecule has 0 unspecified atom stereocenters. The lowest BCUT2D eigenvalue weighted by molar-refractivity contribution is 0.300. The Morgan fingerprint density at radius 1 is 1.13 bits per heavy atom. The molecule has 0 amide bonds. The lowest BCUT2D eigenvalue weighted by Crippen LogP contribution is -2.28. The zero-order chi connectivity index (χ0) is 20.8. The predicted molar refractivity (Wildman–Crippen MR) is 114 cm³/mol. The maximum absolute atomic E-state index is 11.7. The molecule has 1 aromatic carbocycles. The molecular weight excluding hydrogens is 382 g/mol. The van der Waals surface area contributed by atoms with E-state index < -0.39 is 0 Å². The molecule has 156 valence electrons. The van der Waals surface area contributed by atoms with Crippen LogP contribution in [0.3, 0.4) is 0 Å². The molecule has 2 aromatic heterocycles. The van der Waals surface area contributed by atoms with E-state index in [0.29, 0.717) is 13.1 Å². The maximum atomic E-state index is 11.7. The van der Waals surface area contributed by atoms with Crippen molar-refractivity contribution in [3.05, 3.63) is 74.8 Å². The smallest absolute Gasteiger partial charge is 0.328 e. The summed E-state index contributed by atoms with van der Waals surface area (Å²) in [5.74, 6) is 1.63. The molecule has 3 aromatic rings. The molecule has 8 nitrogen and oxygen atoms in total. The summed E-state index contributed by atoms with van der Waals surface area (Å²) in [4.78, 5) is 25.1. The lowest BCUT2D eigenvalue weighted by Gasteiger charge is -2.06. The molecular formula is C22H25N5O3. The summed E-state index contributed by atoms with van der Waals surface area (Å²) >= 11 is 0. The highest BCUT2D eigenvalue weighted by molar-refractivity contribution is 5.68. The summed E-state index contributed by atoms with van der Waals surface area (Å²) < 4.78 is 9.19. The van der Waals surface area contributed by atoms with E-state index in [2.05, 4.69) is 15.3 Å². The normalized spacial score (nSPS) is 13.7. The number of H-pyrrole nitrogens is 1. The Hall–Kier alpha value is -3.42. The molecule has 1 aliphatic carbocycles. The van der Waals surface area contributed by atoms with E-state index in [-0.39, 0.29) is 11.2 Å². The Balaban J connectivity index is 1.30. The fourth-order valence-electron chi connectivity index (χ4n) is 3.12. The minimum Gasteiger partial charge on any atom is -0.493 e. The summed E-state index contributed by atoms with van der Waals surface area (Å²) in [6, 6.07) is 9.41. The van der Waals surface area contributed by atoms with Crippen LogP contribution in [0.1, 0.15) is 36.9 Å². The summed E-state index contributed by atoms with van der Waals surface area (Å²) in [5, 5.41) is 8.16. The van der Waals surface area contributed by atoms with Gasteiger partial charge < -0.3 is 9.30 Å². The molecule has 1 fully saturated rings. The number of aryl methyl sites for hydroxylation is 2. The van der Waals surface area contributed by atoms with Gasteiger partial charge in [0.1, 0.15) is 5.75 Å². The Bertz CT molecular complexity index is 1120. The second-order valence-corrected chi connectivity index (χ2v) is 7.55. The molecule has 0 radical (unpaired) electrons. The third-order valence-electron chi connectivity index (χ3n) is 5.05. The van der Waals surface area contributed by atoms with E-state index in [1.807, 2.05) is 41.1 Å². The highest BCUT2D eigenvalue weighted by Gasteiger charge is 2.21. The zero-order valence-electron chi connectivity index (χ0n) is 16.7. The van der Waals surface area contributed by atoms with Crippen molar-refractivity contribution >= 4 is 12.2 Å². The minimum atomic E-state index is -0.379. The van der Waals surface area contributed by atoms with Gasteiger partial charge in [-0.05, 0) is 55.4 Å². The van der Waals surface area contributed by atoms with Crippen molar-refractivity contribution in [2.24, 2.45) is 5.92 Å². The van der Waals surface area contributed by atoms with Gasteiger partial charge in [-0.1, -0.05) is 23.4 Å². The van der Waals surface area contributed by atoms with E-state index in [0.717, 1.165) is 42.4 Å². The fourth-order valence-corrected chi connectivity index (χ4v) is 3.12. The van der Waals surface area contributed by atoms with Gasteiger partial charge in [-0.2, -0.15) is 0 Å². The number of aromatic nitrogens is 5. The van der Waals surface area contributed by atoms with Gasteiger partial charge in [-0.25, -0.2) is 9.48 Å². The maximum Gasteiger partial charge on any atom is 0.328 e. The van der Waals surface area contributed by atoms with Crippen LogP contribution in [0.25, 0.3) is 12.2 Å². The van der Waals surface area contributed by atoms with E-state index in [4.69, 9.17) is 4.74 Å². The molecule has 8 heteroatoms. The van der Waals surface area contributed by atoms with Crippen LogP contribution in [0.4, 0.5) is 0 Å². The van der Waals surface area contributed by atoms with Crippen LogP contribution in [0.5, 0.6) is 5.75 Å². The molecule has 0 bridgehead atoms. The Kier molecular flexibility index (Phi) is 6.22. The zero-order valence-corrected chi connectivity index (χ0v) is 16.7.